The maximum atomic E-state index is 5.81. The van der Waals surface area contributed by atoms with E-state index in [1.807, 2.05) is 29.9 Å². The second-order valence-corrected chi connectivity index (χ2v) is 6.82. The minimum absolute atomic E-state index is 0.320. The second-order valence-electron chi connectivity index (χ2n) is 5.84. The van der Waals surface area contributed by atoms with E-state index in [1.54, 1.807) is 23.7 Å². The molecule has 4 rings (SSSR count). The summed E-state index contributed by atoms with van der Waals surface area (Å²) < 4.78 is 7.95. The lowest BCUT2D eigenvalue weighted by Gasteiger charge is -2.33. The molecule has 3 aromatic rings. The fraction of sp³-hybridized carbons (Fsp3) is 0.353. The van der Waals surface area contributed by atoms with Crippen LogP contribution in [0.3, 0.4) is 0 Å². The fourth-order valence-electron chi connectivity index (χ4n) is 3.07. The van der Waals surface area contributed by atoms with Crippen LogP contribution in [0.2, 0.25) is 0 Å². The van der Waals surface area contributed by atoms with Gasteiger partial charge in [0.25, 0.3) is 0 Å². The molecule has 0 aromatic carbocycles. The maximum absolute atomic E-state index is 5.81. The first-order chi connectivity index (χ1) is 11.9. The lowest BCUT2D eigenvalue weighted by Crippen LogP contribution is -2.37. The molecule has 0 amide bonds. The Balaban J connectivity index is 1.40. The van der Waals surface area contributed by atoms with Crippen molar-refractivity contribution in [2.45, 2.75) is 25.6 Å². The Kier molecular flexibility index (Phi) is 4.53. The van der Waals surface area contributed by atoms with Crippen molar-refractivity contribution in [1.82, 2.24) is 24.6 Å². The van der Waals surface area contributed by atoms with Gasteiger partial charge in [-0.15, -0.1) is 11.3 Å². The van der Waals surface area contributed by atoms with Crippen LogP contribution in [0.15, 0.2) is 48.4 Å². The quantitative estimate of drug-likeness (QED) is 0.690. The van der Waals surface area contributed by atoms with E-state index in [0.29, 0.717) is 12.6 Å². The minimum atomic E-state index is 0.320. The normalized spacial score (nSPS) is 17.6. The van der Waals surface area contributed by atoms with Gasteiger partial charge in [-0.05, 0) is 18.2 Å². The van der Waals surface area contributed by atoms with Crippen LogP contribution in [0.25, 0.3) is 0 Å². The minimum Gasteiger partial charge on any atom is -0.492 e. The van der Waals surface area contributed by atoms with Crippen LogP contribution in [0.5, 0.6) is 5.75 Å². The van der Waals surface area contributed by atoms with Crippen molar-refractivity contribution < 1.29 is 4.74 Å². The summed E-state index contributed by atoms with van der Waals surface area (Å²) in [5.74, 6) is 0.814. The van der Waals surface area contributed by atoms with E-state index < -0.39 is 0 Å². The number of fused-ring (bicyclic) bond motifs is 1. The smallest absolute Gasteiger partial charge is 0.137 e. The Morgan fingerprint density at radius 2 is 2.25 bits per heavy atom. The molecular formula is C17H19N5OS. The monoisotopic (exact) mass is 341 g/mol. The van der Waals surface area contributed by atoms with Gasteiger partial charge in [-0.1, -0.05) is 0 Å². The van der Waals surface area contributed by atoms with E-state index in [9.17, 15) is 0 Å². The molecule has 0 fully saturated rings. The predicted octanol–water partition coefficient (Wildman–Crippen LogP) is 2.76. The van der Waals surface area contributed by atoms with Gasteiger partial charge in [0.2, 0.25) is 0 Å². The number of rotatable bonds is 6. The van der Waals surface area contributed by atoms with Crippen molar-refractivity contribution in [3.8, 4) is 5.75 Å². The SMILES string of the molecule is c1cncc(OCC[C@@H]2CN(Cc3nccs3)Cc3ccnn32)c1. The van der Waals surface area contributed by atoms with Crippen LogP contribution in [0.4, 0.5) is 0 Å². The van der Waals surface area contributed by atoms with E-state index in [-0.39, 0.29) is 0 Å². The summed E-state index contributed by atoms with van der Waals surface area (Å²) in [5, 5.41) is 7.70. The van der Waals surface area contributed by atoms with E-state index in [0.717, 1.165) is 36.8 Å². The van der Waals surface area contributed by atoms with Crippen molar-refractivity contribution in [3.05, 3.63) is 59.1 Å². The molecule has 0 bridgehead atoms. The molecule has 0 saturated carbocycles. The van der Waals surface area contributed by atoms with Crippen LogP contribution in [0.1, 0.15) is 23.2 Å². The van der Waals surface area contributed by atoms with Gasteiger partial charge in [-0.2, -0.15) is 5.10 Å². The Morgan fingerprint density at radius 1 is 1.25 bits per heavy atom. The lowest BCUT2D eigenvalue weighted by molar-refractivity contribution is 0.147. The summed E-state index contributed by atoms with van der Waals surface area (Å²) in [6.07, 6.45) is 8.16. The number of ether oxygens (including phenoxy) is 1. The van der Waals surface area contributed by atoms with Gasteiger partial charge in [-0.25, -0.2) is 4.98 Å². The summed E-state index contributed by atoms with van der Waals surface area (Å²) in [7, 11) is 0. The molecule has 3 aromatic heterocycles. The third-order valence-electron chi connectivity index (χ3n) is 4.15. The summed E-state index contributed by atoms with van der Waals surface area (Å²) >= 11 is 1.71. The molecule has 1 atom stereocenters. The molecule has 0 saturated heterocycles. The Hall–Kier alpha value is -2.25. The van der Waals surface area contributed by atoms with Gasteiger partial charge in [0, 0.05) is 43.5 Å². The molecule has 0 unspecified atom stereocenters. The molecular weight excluding hydrogens is 322 g/mol. The van der Waals surface area contributed by atoms with Crippen LogP contribution >= 0.6 is 11.3 Å². The van der Waals surface area contributed by atoms with E-state index in [4.69, 9.17) is 4.74 Å². The summed E-state index contributed by atoms with van der Waals surface area (Å²) in [6, 6.07) is 6.24. The predicted molar refractivity (Wildman–Crippen MR) is 91.8 cm³/mol. The lowest BCUT2D eigenvalue weighted by atomic mass is 10.1. The molecule has 6 nitrogen and oxygen atoms in total. The maximum Gasteiger partial charge on any atom is 0.137 e. The van der Waals surface area contributed by atoms with Crippen LogP contribution in [-0.2, 0) is 13.1 Å². The number of hydrogen-bond donors (Lipinski definition) is 0. The Bertz CT molecular complexity index is 758. The number of nitrogens with zero attached hydrogens (tertiary/aromatic N) is 5. The first-order valence-electron chi connectivity index (χ1n) is 8.04. The number of hydrogen-bond acceptors (Lipinski definition) is 6. The van der Waals surface area contributed by atoms with Crippen LogP contribution in [0, 0.1) is 0 Å². The summed E-state index contributed by atoms with van der Waals surface area (Å²) in [5.41, 5.74) is 1.25. The zero-order valence-corrected chi connectivity index (χ0v) is 14.1. The number of thiazole rings is 1. The van der Waals surface area contributed by atoms with E-state index >= 15 is 0 Å². The average Bonchev–Trinajstić information content (AvgIpc) is 3.27. The summed E-state index contributed by atoms with van der Waals surface area (Å²) in [6.45, 7) is 3.42. The third-order valence-corrected chi connectivity index (χ3v) is 4.91. The largest absolute Gasteiger partial charge is 0.492 e. The molecule has 7 heteroatoms. The molecule has 0 N–H and O–H groups in total. The van der Waals surface area contributed by atoms with Gasteiger partial charge in [0.05, 0.1) is 31.1 Å². The van der Waals surface area contributed by atoms with Crippen molar-refractivity contribution in [1.29, 1.82) is 0 Å². The third kappa shape index (κ3) is 3.47. The fourth-order valence-corrected chi connectivity index (χ4v) is 3.72. The van der Waals surface area contributed by atoms with E-state index in [1.165, 1.54) is 5.69 Å². The highest BCUT2D eigenvalue weighted by molar-refractivity contribution is 7.09. The van der Waals surface area contributed by atoms with Crippen molar-refractivity contribution in [2.75, 3.05) is 13.2 Å². The van der Waals surface area contributed by atoms with Gasteiger partial charge in [0.1, 0.15) is 10.8 Å². The molecule has 124 valence electrons. The second kappa shape index (κ2) is 7.11. The van der Waals surface area contributed by atoms with Gasteiger partial charge in [0.15, 0.2) is 0 Å². The molecule has 1 aliphatic heterocycles. The van der Waals surface area contributed by atoms with E-state index in [2.05, 4.69) is 30.7 Å². The van der Waals surface area contributed by atoms with Crippen molar-refractivity contribution in [3.63, 3.8) is 0 Å². The average molecular weight is 341 g/mol. The highest BCUT2D eigenvalue weighted by atomic mass is 32.1. The molecule has 1 aliphatic rings. The van der Waals surface area contributed by atoms with Crippen molar-refractivity contribution >= 4 is 11.3 Å². The zero-order chi connectivity index (χ0) is 16.2. The van der Waals surface area contributed by atoms with Gasteiger partial charge < -0.3 is 4.74 Å². The highest BCUT2D eigenvalue weighted by Gasteiger charge is 2.25. The van der Waals surface area contributed by atoms with Gasteiger partial charge >= 0.3 is 0 Å². The van der Waals surface area contributed by atoms with Gasteiger partial charge in [-0.3, -0.25) is 14.6 Å². The standard InChI is InChI=1S/C17H19N5OS/c1-2-16(10-18-5-1)23-8-4-15-12-21(13-17-19-7-9-24-17)11-14-3-6-20-22(14)15/h1-3,5-7,9-10,15H,4,8,11-13H2/t15-/m1/s1. The zero-order valence-electron chi connectivity index (χ0n) is 13.3. The Morgan fingerprint density at radius 3 is 3.08 bits per heavy atom. The van der Waals surface area contributed by atoms with Crippen molar-refractivity contribution in [2.24, 2.45) is 0 Å². The van der Waals surface area contributed by atoms with Crippen LogP contribution in [-0.4, -0.2) is 37.8 Å². The Labute approximate surface area is 144 Å². The molecule has 0 spiro atoms. The molecule has 24 heavy (non-hydrogen) atoms. The topological polar surface area (TPSA) is 56.1 Å². The first kappa shape index (κ1) is 15.3. The molecule has 0 aliphatic carbocycles. The highest BCUT2D eigenvalue weighted by Crippen LogP contribution is 2.25. The number of aromatic nitrogens is 4. The number of pyridine rings is 1. The van der Waals surface area contributed by atoms with Crippen LogP contribution < -0.4 is 4.74 Å². The molecule has 4 heterocycles. The molecule has 0 radical (unpaired) electrons. The summed E-state index contributed by atoms with van der Waals surface area (Å²) in [4.78, 5) is 10.9. The first-order valence-corrected chi connectivity index (χ1v) is 8.92.